The summed E-state index contributed by atoms with van der Waals surface area (Å²) in [5.41, 5.74) is -0.402. The van der Waals surface area contributed by atoms with Crippen LogP contribution in [0.3, 0.4) is 0 Å². The lowest BCUT2D eigenvalue weighted by atomic mass is 9.94. The Morgan fingerprint density at radius 2 is 1.68 bits per heavy atom. The van der Waals surface area contributed by atoms with Crippen molar-refractivity contribution in [1.29, 1.82) is 0 Å². The number of hydrogen-bond donors (Lipinski definition) is 1. The van der Waals surface area contributed by atoms with Crippen LogP contribution in [-0.2, 0) is 14.8 Å². The summed E-state index contributed by atoms with van der Waals surface area (Å²) in [5.74, 6) is 0.0256. The predicted molar refractivity (Wildman–Crippen MR) is 76.2 cm³/mol. The molecule has 0 aromatic heterocycles. The topological polar surface area (TPSA) is 66.5 Å². The number of rotatable bonds is 3. The normalized spacial score (nSPS) is 19.7. The fraction of sp³-hybridized carbons (Fsp3) is 0.923. The van der Waals surface area contributed by atoms with E-state index in [0.29, 0.717) is 25.9 Å². The van der Waals surface area contributed by atoms with Crippen LogP contribution in [0.1, 0.15) is 47.5 Å². The van der Waals surface area contributed by atoms with Crippen LogP contribution in [0.4, 0.5) is 0 Å². The highest BCUT2D eigenvalue weighted by atomic mass is 32.2. The van der Waals surface area contributed by atoms with Gasteiger partial charge < -0.3 is 5.32 Å². The Bertz CT molecular complexity index is 416. The van der Waals surface area contributed by atoms with E-state index in [2.05, 4.69) is 5.32 Å². The molecule has 0 radical (unpaired) electrons. The molecule has 0 aromatic carbocycles. The number of amides is 1. The van der Waals surface area contributed by atoms with Crippen LogP contribution in [-0.4, -0.2) is 43.0 Å². The first-order chi connectivity index (χ1) is 8.55. The monoisotopic (exact) mass is 290 g/mol. The van der Waals surface area contributed by atoms with Gasteiger partial charge in [0.1, 0.15) is 0 Å². The van der Waals surface area contributed by atoms with Crippen LogP contribution >= 0.6 is 0 Å². The van der Waals surface area contributed by atoms with Gasteiger partial charge in [0.05, 0.1) is 5.25 Å². The van der Waals surface area contributed by atoms with Gasteiger partial charge in [0.15, 0.2) is 0 Å². The van der Waals surface area contributed by atoms with Gasteiger partial charge in [-0.25, -0.2) is 12.7 Å². The molecule has 0 saturated carbocycles. The van der Waals surface area contributed by atoms with E-state index in [-0.39, 0.29) is 17.2 Å². The predicted octanol–water partition coefficient (Wildman–Crippen LogP) is 1.35. The summed E-state index contributed by atoms with van der Waals surface area (Å²) in [6, 6.07) is 0.0883. The molecule has 0 unspecified atom stereocenters. The summed E-state index contributed by atoms with van der Waals surface area (Å²) in [6.45, 7) is 10.0. The van der Waals surface area contributed by atoms with Crippen molar-refractivity contribution in [1.82, 2.24) is 9.62 Å². The molecule has 1 heterocycles. The highest BCUT2D eigenvalue weighted by Gasteiger charge is 2.32. The quantitative estimate of drug-likeness (QED) is 0.853. The largest absolute Gasteiger partial charge is 0.353 e. The van der Waals surface area contributed by atoms with E-state index in [9.17, 15) is 13.2 Å². The number of carbonyl (C=O) groups excluding carboxylic acids is 1. The SMILES string of the molecule is CC(C)S(=O)(=O)N1CCC(NC(=O)C(C)(C)C)CC1. The first-order valence-corrected chi connectivity index (χ1v) is 8.35. The van der Waals surface area contributed by atoms with Crippen molar-refractivity contribution in [3.63, 3.8) is 0 Å². The van der Waals surface area contributed by atoms with E-state index in [0.717, 1.165) is 0 Å². The van der Waals surface area contributed by atoms with Gasteiger partial charge in [-0.15, -0.1) is 0 Å². The van der Waals surface area contributed by atoms with Crippen LogP contribution < -0.4 is 5.32 Å². The van der Waals surface area contributed by atoms with Crippen LogP contribution in [0.25, 0.3) is 0 Å². The van der Waals surface area contributed by atoms with Crippen molar-refractivity contribution in [3.8, 4) is 0 Å². The zero-order chi connectivity index (χ0) is 14.8. The van der Waals surface area contributed by atoms with Gasteiger partial charge in [-0.2, -0.15) is 0 Å². The van der Waals surface area contributed by atoms with Crippen molar-refractivity contribution >= 4 is 15.9 Å². The summed E-state index contributed by atoms with van der Waals surface area (Å²) >= 11 is 0. The molecule has 0 atom stereocenters. The molecule has 5 nitrogen and oxygen atoms in total. The smallest absolute Gasteiger partial charge is 0.225 e. The molecule has 19 heavy (non-hydrogen) atoms. The van der Waals surface area contributed by atoms with Gasteiger partial charge in [-0.1, -0.05) is 20.8 Å². The third-order valence-corrected chi connectivity index (χ3v) is 5.70. The van der Waals surface area contributed by atoms with E-state index in [1.165, 1.54) is 4.31 Å². The zero-order valence-corrected chi connectivity index (χ0v) is 13.4. The van der Waals surface area contributed by atoms with Gasteiger partial charge in [0.25, 0.3) is 0 Å². The molecule has 0 spiro atoms. The van der Waals surface area contributed by atoms with Crippen LogP contribution in [0.5, 0.6) is 0 Å². The number of sulfonamides is 1. The minimum atomic E-state index is -3.16. The Labute approximate surface area is 116 Å². The molecule has 0 aromatic rings. The summed E-state index contributed by atoms with van der Waals surface area (Å²) in [7, 11) is -3.16. The van der Waals surface area contributed by atoms with E-state index >= 15 is 0 Å². The van der Waals surface area contributed by atoms with Crippen molar-refractivity contribution in [3.05, 3.63) is 0 Å². The first kappa shape index (κ1) is 16.4. The maximum absolute atomic E-state index is 12.0. The molecular formula is C13H26N2O3S. The summed E-state index contributed by atoms with van der Waals surface area (Å²) in [5, 5.41) is 2.62. The Hall–Kier alpha value is -0.620. The summed E-state index contributed by atoms with van der Waals surface area (Å²) < 4.78 is 25.6. The van der Waals surface area contributed by atoms with Gasteiger partial charge in [0.2, 0.25) is 15.9 Å². The molecular weight excluding hydrogens is 264 g/mol. The van der Waals surface area contributed by atoms with Crippen LogP contribution in [0.15, 0.2) is 0 Å². The van der Waals surface area contributed by atoms with Crippen LogP contribution in [0, 0.1) is 5.41 Å². The van der Waals surface area contributed by atoms with E-state index in [4.69, 9.17) is 0 Å². The Morgan fingerprint density at radius 1 is 1.21 bits per heavy atom. The minimum absolute atomic E-state index is 0.0256. The lowest BCUT2D eigenvalue weighted by molar-refractivity contribution is -0.129. The first-order valence-electron chi connectivity index (χ1n) is 6.85. The Balaban J connectivity index is 2.53. The van der Waals surface area contributed by atoms with Crippen LogP contribution in [0.2, 0.25) is 0 Å². The summed E-state index contributed by atoms with van der Waals surface area (Å²) in [4.78, 5) is 11.9. The van der Waals surface area contributed by atoms with Crippen molar-refractivity contribution in [2.75, 3.05) is 13.1 Å². The zero-order valence-electron chi connectivity index (χ0n) is 12.6. The molecule has 1 fully saturated rings. The average Bonchev–Trinajstić information content (AvgIpc) is 2.28. The van der Waals surface area contributed by atoms with Gasteiger partial charge in [0, 0.05) is 24.5 Å². The molecule has 0 aliphatic carbocycles. The minimum Gasteiger partial charge on any atom is -0.353 e. The van der Waals surface area contributed by atoms with Gasteiger partial charge in [-0.3, -0.25) is 4.79 Å². The molecule has 1 aliphatic heterocycles. The highest BCUT2D eigenvalue weighted by molar-refractivity contribution is 7.89. The van der Waals surface area contributed by atoms with E-state index in [1.807, 2.05) is 20.8 Å². The molecule has 6 heteroatoms. The number of nitrogens with zero attached hydrogens (tertiary/aromatic N) is 1. The molecule has 112 valence electrons. The Kier molecular flexibility index (Phi) is 5.01. The van der Waals surface area contributed by atoms with Gasteiger partial charge in [-0.05, 0) is 26.7 Å². The highest BCUT2D eigenvalue weighted by Crippen LogP contribution is 2.19. The standard InChI is InChI=1S/C13H26N2O3S/c1-10(2)19(17,18)15-8-6-11(7-9-15)14-12(16)13(3,4)5/h10-11H,6-9H2,1-5H3,(H,14,16). The fourth-order valence-electron chi connectivity index (χ4n) is 1.95. The lowest BCUT2D eigenvalue weighted by Gasteiger charge is -2.33. The van der Waals surface area contributed by atoms with Crippen molar-refractivity contribution in [2.24, 2.45) is 5.41 Å². The lowest BCUT2D eigenvalue weighted by Crippen LogP contribution is -2.50. The molecule has 1 rings (SSSR count). The third kappa shape index (κ3) is 4.18. The van der Waals surface area contributed by atoms with Crippen molar-refractivity contribution < 1.29 is 13.2 Å². The molecule has 1 aliphatic rings. The molecule has 0 bridgehead atoms. The maximum atomic E-state index is 12.0. The maximum Gasteiger partial charge on any atom is 0.225 e. The average molecular weight is 290 g/mol. The van der Waals surface area contributed by atoms with Crippen molar-refractivity contribution in [2.45, 2.75) is 58.8 Å². The second kappa shape index (κ2) is 5.79. The summed E-state index contributed by atoms with van der Waals surface area (Å²) in [6.07, 6.45) is 1.38. The molecule has 1 N–H and O–H groups in total. The van der Waals surface area contributed by atoms with E-state index < -0.39 is 15.4 Å². The fourth-order valence-corrected chi connectivity index (χ4v) is 3.27. The third-order valence-electron chi connectivity index (χ3n) is 3.43. The Morgan fingerprint density at radius 3 is 2.05 bits per heavy atom. The number of nitrogens with one attached hydrogen (secondary N) is 1. The number of carbonyl (C=O) groups is 1. The number of piperidine rings is 1. The molecule has 1 saturated heterocycles. The van der Waals surface area contributed by atoms with E-state index in [1.54, 1.807) is 13.8 Å². The second-order valence-electron chi connectivity index (χ2n) is 6.49. The second-order valence-corrected chi connectivity index (χ2v) is 8.98. The van der Waals surface area contributed by atoms with Gasteiger partial charge >= 0.3 is 0 Å². The number of hydrogen-bond acceptors (Lipinski definition) is 3. The molecule has 1 amide bonds.